The highest BCUT2D eigenvalue weighted by Crippen LogP contribution is 2.21. The smallest absolute Gasteiger partial charge is 0.235 e. The molecule has 13 heavy (non-hydrogen) atoms. The molecule has 0 spiro atoms. The maximum absolute atomic E-state index is 12.4. The van der Waals surface area contributed by atoms with Crippen molar-refractivity contribution < 1.29 is 9.18 Å². The van der Waals surface area contributed by atoms with Gasteiger partial charge in [0.2, 0.25) is 6.08 Å². The molecule has 0 aliphatic rings. The van der Waals surface area contributed by atoms with E-state index in [-0.39, 0.29) is 0 Å². The van der Waals surface area contributed by atoms with Crippen molar-refractivity contribution in [3.63, 3.8) is 0 Å². The first-order valence-corrected chi connectivity index (χ1v) is 4.45. The van der Waals surface area contributed by atoms with E-state index >= 15 is 0 Å². The largest absolute Gasteiger partial charge is 0.248 e. The van der Waals surface area contributed by atoms with Crippen LogP contribution in [-0.2, 0) is 4.79 Å². The van der Waals surface area contributed by atoms with E-state index in [1.54, 1.807) is 18.2 Å². The number of aliphatic imine (C=N–C) groups is 1. The number of nitrogens with zero attached hydrogens (tertiary/aromatic N) is 1. The van der Waals surface area contributed by atoms with Crippen LogP contribution in [-0.4, -0.2) is 12.8 Å². The lowest BCUT2D eigenvalue weighted by molar-refractivity contribution is 0.435. The third-order valence-corrected chi connectivity index (χ3v) is 2.08. The SMILES string of the molecule is O=C=NC(CF)c1cccc(Br)c1. The second kappa shape index (κ2) is 4.90. The summed E-state index contributed by atoms with van der Waals surface area (Å²) in [6, 6.07) is 6.31. The van der Waals surface area contributed by atoms with Gasteiger partial charge < -0.3 is 0 Å². The molecule has 0 saturated carbocycles. The quantitative estimate of drug-likeness (QED) is 0.593. The summed E-state index contributed by atoms with van der Waals surface area (Å²) >= 11 is 3.25. The minimum atomic E-state index is -0.727. The number of benzene rings is 1. The minimum Gasteiger partial charge on any atom is -0.248 e. The molecule has 0 heterocycles. The number of hydrogen-bond acceptors (Lipinski definition) is 2. The van der Waals surface area contributed by atoms with Crippen molar-refractivity contribution in [1.82, 2.24) is 0 Å². The average Bonchev–Trinajstić information content (AvgIpc) is 2.14. The number of rotatable bonds is 3. The second-order valence-corrected chi connectivity index (χ2v) is 3.36. The van der Waals surface area contributed by atoms with Crippen molar-refractivity contribution in [3.05, 3.63) is 34.3 Å². The molecule has 1 aromatic rings. The van der Waals surface area contributed by atoms with E-state index < -0.39 is 12.7 Å². The van der Waals surface area contributed by atoms with Crippen LogP contribution in [0.25, 0.3) is 0 Å². The fourth-order valence-corrected chi connectivity index (χ4v) is 1.39. The Morgan fingerprint density at radius 2 is 2.38 bits per heavy atom. The summed E-state index contributed by atoms with van der Waals surface area (Å²) in [5, 5.41) is 0. The van der Waals surface area contributed by atoms with E-state index in [0.717, 1.165) is 4.47 Å². The fourth-order valence-electron chi connectivity index (χ4n) is 0.976. The summed E-state index contributed by atoms with van der Waals surface area (Å²) < 4.78 is 13.2. The Kier molecular flexibility index (Phi) is 3.80. The van der Waals surface area contributed by atoms with E-state index in [1.165, 1.54) is 6.08 Å². The van der Waals surface area contributed by atoms with Gasteiger partial charge in [0, 0.05) is 4.47 Å². The van der Waals surface area contributed by atoms with Gasteiger partial charge in [-0.05, 0) is 17.7 Å². The van der Waals surface area contributed by atoms with E-state index in [9.17, 15) is 9.18 Å². The fraction of sp³-hybridized carbons (Fsp3) is 0.222. The third-order valence-electron chi connectivity index (χ3n) is 1.59. The Bertz CT molecular complexity index is 336. The van der Waals surface area contributed by atoms with Crippen LogP contribution in [0, 0.1) is 0 Å². The van der Waals surface area contributed by atoms with Crippen LogP contribution in [0.3, 0.4) is 0 Å². The van der Waals surface area contributed by atoms with Gasteiger partial charge in [0.1, 0.15) is 12.7 Å². The zero-order valence-electron chi connectivity index (χ0n) is 6.71. The van der Waals surface area contributed by atoms with Crippen LogP contribution < -0.4 is 0 Å². The van der Waals surface area contributed by atoms with Crippen LogP contribution >= 0.6 is 15.9 Å². The lowest BCUT2D eigenvalue weighted by Crippen LogP contribution is -1.96. The second-order valence-electron chi connectivity index (χ2n) is 2.45. The van der Waals surface area contributed by atoms with Gasteiger partial charge >= 0.3 is 0 Å². The average molecular weight is 244 g/mol. The Balaban J connectivity index is 2.97. The molecule has 0 radical (unpaired) electrons. The molecule has 1 atom stereocenters. The maximum Gasteiger partial charge on any atom is 0.235 e. The lowest BCUT2D eigenvalue weighted by Gasteiger charge is -2.05. The van der Waals surface area contributed by atoms with E-state index in [2.05, 4.69) is 20.9 Å². The lowest BCUT2D eigenvalue weighted by atomic mass is 10.1. The first kappa shape index (κ1) is 10.1. The predicted octanol–water partition coefficient (Wildman–Crippen LogP) is 2.80. The molecule has 0 saturated heterocycles. The normalized spacial score (nSPS) is 11.8. The molecule has 0 bridgehead atoms. The molecule has 2 nitrogen and oxygen atoms in total. The molecule has 0 N–H and O–H groups in total. The molecule has 4 heteroatoms. The summed E-state index contributed by atoms with van der Waals surface area (Å²) in [6.45, 7) is -0.689. The topological polar surface area (TPSA) is 29.4 Å². The van der Waals surface area contributed by atoms with Gasteiger partial charge in [0.25, 0.3) is 0 Å². The summed E-state index contributed by atoms with van der Waals surface area (Å²) in [5.74, 6) is 0. The van der Waals surface area contributed by atoms with Crippen molar-refractivity contribution in [2.75, 3.05) is 6.67 Å². The van der Waals surface area contributed by atoms with Crippen LogP contribution in [0.5, 0.6) is 0 Å². The molecule has 0 amide bonds. The predicted molar refractivity (Wildman–Crippen MR) is 51.0 cm³/mol. The van der Waals surface area contributed by atoms with E-state index in [1.807, 2.05) is 6.07 Å². The summed E-state index contributed by atoms with van der Waals surface area (Å²) in [4.78, 5) is 13.3. The Morgan fingerprint density at radius 1 is 1.62 bits per heavy atom. The van der Waals surface area contributed by atoms with Gasteiger partial charge in [-0.25, -0.2) is 9.18 Å². The highest BCUT2D eigenvalue weighted by molar-refractivity contribution is 9.10. The van der Waals surface area contributed by atoms with Crippen molar-refractivity contribution in [3.8, 4) is 0 Å². The maximum atomic E-state index is 12.4. The van der Waals surface area contributed by atoms with Crippen LogP contribution in [0.1, 0.15) is 11.6 Å². The summed E-state index contributed by atoms with van der Waals surface area (Å²) in [5.41, 5.74) is 0.667. The summed E-state index contributed by atoms with van der Waals surface area (Å²) in [6.07, 6.45) is 1.36. The zero-order chi connectivity index (χ0) is 9.68. The molecular formula is C9H7BrFNO. The third kappa shape index (κ3) is 2.76. The van der Waals surface area contributed by atoms with Crippen molar-refractivity contribution in [2.24, 2.45) is 4.99 Å². The number of alkyl halides is 1. The van der Waals surface area contributed by atoms with Gasteiger partial charge in [-0.3, -0.25) is 0 Å². The van der Waals surface area contributed by atoms with Crippen molar-refractivity contribution in [2.45, 2.75) is 6.04 Å². The first-order chi connectivity index (χ1) is 6.27. The molecule has 1 aromatic carbocycles. The number of isocyanates is 1. The highest BCUT2D eigenvalue weighted by Gasteiger charge is 2.08. The Labute approximate surface area is 83.6 Å². The Morgan fingerprint density at radius 3 is 2.92 bits per heavy atom. The number of halogens is 2. The van der Waals surface area contributed by atoms with Crippen molar-refractivity contribution in [1.29, 1.82) is 0 Å². The highest BCUT2D eigenvalue weighted by atomic mass is 79.9. The molecule has 68 valence electrons. The van der Waals surface area contributed by atoms with Gasteiger partial charge in [-0.1, -0.05) is 28.1 Å². The number of carbonyl (C=O) groups excluding carboxylic acids is 1. The zero-order valence-corrected chi connectivity index (χ0v) is 8.29. The summed E-state index contributed by atoms with van der Waals surface area (Å²) in [7, 11) is 0. The molecule has 1 rings (SSSR count). The monoisotopic (exact) mass is 243 g/mol. The molecule has 1 unspecified atom stereocenters. The molecular weight excluding hydrogens is 237 g/mol. The van der Waals surface area contributed by atoms with E-state index in [4.69, 9.17) is 0 Å². The van der Waals surface area contributed by atoms with Crippen molar-refractivity contribution >= 4 is 22.0 Å². The molecule has 0 aromatic heterocycles. The standard InChI is InChI=1S/C9H7BrFNO/c10-8-3-1-2-7(4-8)9(5-11)12-6-13/h1-4,9H,5H2. The van der Waals surface area contributed by atoms with Gasteiger partial charge in [0.15, 0.2) is 0 Å². The van der Waals surface area contributed by atoms with E-state index in [0.29, 0.717) is 5.56 Å². The molecule has 0 aliphatic carbocycles. The van der Waals surface area contributed by atoms with Crippen LogP contribution in [0.2, 0.25) is 0 Å². The Hall–Kier alpha value is -0.990. The first-order valence-electron chi connectivity index (χ1n) is 3.66. The van der Waals surface area contributed by atoms with Gasteiger partial charge in [-0.2, -0.15) is 4.99 Å². The molecule has 0 aliphatic heterocycles. The van der Waals surface area contributed by atoms with Crippen LogP contribution in [0.15, 0.2) is 33.7 Å². The minimum absolute atomic E-state index is 0.667. The molecule has 0 fully saturated rings. The number of hydrogen-bond donors (Lipinski definition) is 0. The van der Waals surface area contributed by atoms with Gasteiger partial charge in [0.05, 0.1) is 0 Å². The van der Waals surface area contributed by atoms with Crippen LogP contribution in [0.4, 0.5) is 4.39 Å². The van der Waals surface area contributed by atoms with Gasteiger partial charge in [-0.15, -0.1) is 0 Å².